The molecule has 1 aliphatic rings. The van der Waals surface area contributed by atoms with E-state index in [2.05, 4.69) is 15.2 Å². The number of aromatic nitrogens is 2. The molecule has 0 spiro atoms. The molecule has 37 heavy (non-hydrogen) atoms. The van der Waals surface area contributed by atoms with Crippen LogP contribution >= 0.6 is 12.2 Å². The van der Waals surface area contributed by atoms with Gasteiger partial charge >= 0.3 is 0 Å². The molecule has 0 unspecified atom stereocenters. The zero-order valence-electron chi connectivity index (χ0n) is 19.7. The Kier molecular flexibility index (Phi) is 6.12. The van der Waals surface area contributed by atoms with E-state index in [1.54, 1.807) is 18.3 Å². The molecule has 1 aliphatic heterocycles. The highest BCUT2D eigenvalue weighted by atomic mass is 32.1. The van der Waals surface area contributed by atoms with Gasteiger partial charge in [0.1, 0.15) is 23.4 Å². The average molecular weight is 507 g/mol. The SMILES string of the molecule is Fc1ccccc1-n1cccc1[C@H]1[C@@H](c2ccccn2)NC(=S)N1c1ccc(Oc2ccccc2)cc1. The summed E-state index contributed by atoms with van der Waals surface area (Å²) in [4.78, 5) is 6.68. The zero-order chi connectivity index (χ0) is 25.2. The molecule has 5 aromatic rings. The fourth-order valence-electron chi connectivity index (χ4n) is 4.73. The molecule has 0 bridgehead atoms. The number of rotatable bonds is 6. The van der Waals surface area contributed by atoms with Crippen LogP contribution in [-0.4, -0.2) is 14.7 Å². The molecule has 182 valence electrons. The number of anilines is 1. The van der Waals surface area contributed by atoms with E-state index in [4.69, 9.17) is 17.0 Å². The first kappa shape index (κ1) is 22.9. The van der Waals surface area contributed by atoms with Gasteiger partial charge in [-0.15, -0.1) is 0 Å². The van der Waals surface area contributed by atoms with Crippen molar-refractivity contribution in [2.45, 2.75) is 12.1 Å². The van der Waals surface area contributed by atoms with E-state index in [1.807, 2.05) is 102 Å². The Balaban J connectivity index is 1.41. The normalized spacial score (nSPS) is 17.0. The summed E-state index contributed by atoms with van der Waals surface area (Å²) in [6.07, 6.45) is 3.64. The Morgan fingerprint density at radius 2 is 1.51 bits per heavy atom. The summed E-state index contributed by atoms with van der Waals surface area (Å²) in [5.41, 5.74) is 3.11. The van der Waals surface area contributed by atoms with Gasteiger partial charge in [0, 0.05) is 23.8 Å². The average Bonchev–Trinajstić information content (AvgIpc) is 3.55. The van der Waals surface area contributed by atoms with Crippen LogP contribution < -0.4 is 15.0 Å². The van der Waals surface area contributed by atoms with Gasteiger partial charge in [0.15, 0.2) is 5.11 Å². The van der Waals surface area contributed by atoms with Gasteiger partial charge in [-0.1, -0.05) is 36.4 Å². The molecule has 2 atom stereocenters. The van der Waals surface area contributed by atoms with E-state index in [-0.39, 0.29) is 17.9 Å². The maximum Gasteiger partial charge on any atom is 0.174 e. The summed E-state index contributed by atoms with van der Waals surface area (Å²) in [5.74, 6) is 1.20. The minimum Gasteiger partial charge on any atom is -0.457 e. The topological polar surface area (TPSA) is 42.3 Å². The number of thiocarbonyl (C=S) groups is 1. The third-order valence-corrected chi connectivity index (χ3v) is 6.70. The van der Waals surface area contributed by atoms with Gasteiger partial charge in [-0.25, -0.2) is 4.39 Å². The summed E-state index contributed by atoms with van der Waals surface area (Å²) in [7, 11) is 0. The summed E-state index contributed by atoms with van der Waals surface area (Å²) >= 11 is 5.85. The van der Waals surface area contributed by atoms with Crippen molar-refractivity contribution < 1.29 is 9.13 Å². The fraction of sp³-hybridized carbons (Fsp3) is 0.0667. The smallest absolute Gasteiger partial charge is 0.174 e. The summed E-state index contributed by atoms with van der Waals surface area (Å²) in [6, 6.07) is 33.5. The van der Waals surface area contributed by atoms with Crippen LogP contribution in [0.3, 0.4) is 0 Å². The summed E-state index contributed by atoms with van der Waals surface area (Å²) in [6.45, 7) is 0. The van der Waals surface area contributed by atoms with Crippen molar-refractivity contribution in [2.24, 2.45) is 0 Å². The largest absolute Gasteiger partial charge is 0.457 e. The van der Waals surface area contributed by atoms with E-state index < -0.39 is 0 Å². The maximum atomic E-state index is 14.9. The second-order valence-corrected chi connectivity index (χ2v) is 9.05. The lowest BCUT2D eigenvalue weighted by Crippen LogP contribution is -2.30. The van der Waals surface area contributed by atoms with Crippen LogP contribution in [0.25, 0.3) is 5.69 Å². The first-order valence-corrected chi connectivity index (χ1v) is 12.4. The third kappa shape index (κ3) is 4.45. The van der Waals surface area contributed by atoms with Crippen LogP contribution in [0.2, 0.25) is 0 Å². The van der Waals surface area contributed by atoms with Crippen LogP contribution in [0.15, 0.2) is 122 Å². The lowest BCUT2D eigenvalue weighted by atomic mass is 10.0. The molecule has 7 heteroatoms. The van der Waals surface area contributed by atoms with Gasteiger partial charge < -0.3 is 19.5 Å². The zero-order valence-corrected chi connectivity index (χ0v) is 20.6. The Hall–Kier alpha value is -4.49. The van der Waals surface area contributed by atoms with Crippen molar-refractivity contribution in [3.63, 3.8) is 0 Å². The number of nitrogens with one attached hydrogen (secondary N) is 1. The number of ether oxygens (including phenoxy) is 1. The summed E-state index contributed by atoms with van der Waals surface area (Å²) < 4.78 is 22.7. The van der Waals surface area contributed by atoms with Crippen molar-refractivity contribution in [1.29, 1.82) is 0 Å². The Morgan fingerprint density at radius 1 is 0.784 bits per heavy atom. The summed E-state index contributed by atoms with van der Waals surface area (Å²) in [5, 5.41) is 4.03. The van der Waals surface area contributed by atoms with Crippen LogP contribution in [0, 0.1) is 5.82 Å². The van der Waals surface area contributed by atoms with Crippen LogP contribution in [0.1, 0.15) is 23.5 Å². The number of halogens is 1. The lowest BCUT2D eigenvalue weighted by Gasteiger charge is -2.29. The van der Waals surface area contributed by atoms with Crippen LogP contribution in [0.5, 0.6) is 11.5 Å². The molecular formula is C30H23FN4OS. The molecule has 6 rings (SSSR count). The van der Waals surface area contributed by atoms with E-state index in [0.717, 1.165) is 28.6 Å². The number of benzene rings is 3. The maximum absolute atomic E-state index is 14.9. The number of hydrogen-bond donors (Lipinski definition) is 1. The van der Waals surface area contributed by atoms with Gasteiger partial charge in [-0.3, -0.25) is 4.98 Å². The van der Waals surface area contributed by atoms with Crippen molar-refractivity contribution in [1.82, 2.24) is 14.9 Å². The molecule has 1 N–H and O–H groups in total. The first-order chi connectivity index (χ1) is 18.2. The molecule has 3 heterocycles. The molecule has 0 saturated carbocycles. The van der Waals surface area contributed by atoms with E-state index in [1.165, 1.54) is 6.07 Å². The first-order valence-electron chi connectivity index (χ1n) is 11.9. The highest BCUT2D eigenvalue weighted by Crippen LogP contribution is 2.42. The molecule has 3 aromatic carbocycles. The standard InChI is InChI=1S/C30H23FN4OS/c31-24-11-4-5-13-26(24)34-20-8-14-27(34)29-28(25-12-6-7-19-32-25)33-30(37)35(29)21-15-17-23(18-16-21)36-22-9-2-1-3-10-22/h1-20,28-29H,(H,33,37)/t28-,29+/m1/s1. The van der Waals surface area contributed by atoms with E-state index >= 15 is 0 Å². The van der Waals surface area contributed by atoms with Crippen molar-refractivity contribution in [3.8, 4) is 17.2 Å². The molecular weight excluding hydrogens is 483 g/mol. The van der Waals surface area contributed by atoms with Gasteiger partial charge in [0.05, 0.1) is 17.4 Å². The minimum absolute atomic E-state index is 0.241. The van der Waals surface area contributed by atoms with Crippen molar-refractivity contribution in [2.75, 3.05) is 4.90 Å². The second kappa shape index (κ2) is 9.87. The number of para-hydroxylation sites is 2. The predicted octanol–water partition coefficient (Wildman–Crippen LogP) is 6.98. The molecule has 0 amide bonds. The number of nitrogens with zero attached hydrogens (tertiary/aromatic N) is 3. The Morgan fingerprint density at radius 3 is 2.27 bits per heavy atom. The quantitative estimate of drug-likeness (QED) is 0.252. The molecule has 0 radical (unpaired) electrons. The monoisotopic (exact) mass is 506 g/mol. The van der Waals surface area contributed by atoms with Crippen LogP contribution in [-0.2, 0) is 0 Å². The molecule has 0 aliphatic carbocycles. The van der Waals surface area contributed by atoms with E-state index in [9.17, 15) is 4.39 Å². The van der Waals surface area contributed by atoms with Gasteiger partial charge in [0.25, 0.3) is 0 Å². The predicted molar refractivity (Wildman–Crippen MR) is 147 cm³/mol. The fourth-order valence-corrected chi connectivity index (χ4v) is 5.08. The lowest BCUT2D eigenvalue weighted by molar-refractivity contribution is 0.482. The molecule has 2 aromatic heterocycles. The van der Waals surface area contributed by atoms with Gasteiger partial charge in [-0.05, 0) is 85.0 Å². The second-order valence-electron chi connectivity index (χ2n) is 8.66. The molecule has 1 saturated heterocycles. The third-order valence-electron chi connectivity index (χ3n) is 6.39. The minimum atomic E-state index is -0.295. The highest BCUT2D eigenvalue weighted by Gasteiger charge is 2.42. The molecule has 5 nitrogen and oxygen atoms in total. The number of hydrogen-bond acceptors (Lipinski definition) is 3. The van der Waals surface area contributed by atoms with E-state index in [0.29, 0.717) is 10.8 Å². The number of pyridine rings is 1. The van der Waals surface area contributed by atoms with Gasteiger partial charge in [-0.2, -0.15) is 0 Å². The highest BCUT2D eigenvalue weighted by molar-refractivity contribution is 7.80. The molecule has 1 fully saturated rings. The van der Waals surface area contributed by atoms with Crippen molar-refractivity contribution in [3.05, 3.63) is 139 Å². The Labute approximate surface area is 219 Å². The van der Waals surface area contributed by atoms with Gasteiger partial charge in [0.2, 0.25) is 0 Å². The van der Waals surface area contributed by atoms with Crippen LogP contribution in [0.4, 0.5) is 10.1 Å². The van der Waals surface area contributed by atoms with Crippen molar-refractivity contribution >= 4 is 23.0 Å². The Bertz CT molecular complexity index is 1520.